The van der Waals surface area contributed by atoms with Gasteiger partial charge >= 0.3 is 5.97 Å². The number of rotatable bonds is 5. The molecule has 3 rings (SSSR count). The zero-order valence-electron chi connectivity index (χ0n) is 14.3. The summed E-state index contributed by atoms with van der Waals surface area (Å²) in [6.07, 6.45) is 1.24. The van der Waals surface area contributed by atoms with Crippen LogP contribution in [0, 0.1) is 5.82 Å². The van der Waals surface area contributed by atoms with Crippen molar-refractivity contribution in [1.29, 1.82) is 0 Å². The van der Waals surface area contributed by atoms with E-state index in [0.29, 0.717) is 22.8 Å². The van der Waals surface area contributed by atoms with Gasteiger partial charge in [0.25, 0.3) is 5.91 Å². The first-order chi connectivity index (χ1) is 13.0. The first kappa shape index (κ1) is 18.0. The number of esters is 1. The Kier molecular flexibility index (Phi) is 5.36. The Labute approximate surface area is 154 Å². The number of amides is 1. The number of hydrogen-bond donors (Lipinski definition) is 2. The Hall–Kier alpha value is -3.81. The zero-order chi connectivity index (χ0) is 19.2. The highest BCUT2D eigenvalue weighted by atomic mass is 19.1. The maximum absolute atomic E-state index is 13.2. The predicted octanol–water partition coefficient (Wildman–Crippen LogP) is 3.40. The van der Waals surface area contributed by atoms with Crippen LogP contribution >= 0.6 is 0 Å². The van der Waals surface area contributed by atoms with Crippen molar-refractivity contribution >= 4 is 29.1 Å². The second-order valence-corrected chi connectivity index (χ2v) is 5.45. The Morgan fingerprint density at radius 1 is 1.00 bits per heavy atom. The van der Waals surface area contributed by atoms with E-state index in [1.54, 1.807) is 30.3 Å². The summed E-state index contributed by atoms with van der Waals surface area (Å²) in [6, 6.07) is 13.6. The van der Waals surface area contributed by atoms with Gasteiger partial charge in [0, 0.05) is 17.4 Å². The first-order valence-corrected chi connectivity index (χ1v) is 7.89. The van der Waals surface area contributed by atoms with Gasteiger partial charge in [-0.05, 0) is 42.5 Å². The summed E-state index contributed by atoms with van der Waals surface area (Å²) in [5.41, 5.74) is 1.52. The van der Waals surface area contributed by atoms with Gasteiger partial charge in [-0.25, -0.2) is 19.2 Å². The molecule has 0 spiro atoms. The average Bonchev–Trinajstić information content (AvgIpc) is 2.68. The van der Waals surface area contributed by atoms with Gasteiger partial charge in [-0.2, -0.15) is 0 Å². The number of hydrogen-bond acceptors (Lipinski definition) is 6. The SMILES string of the molecule is COC(=O)c1ccc(Nc2cc(C(=O)Nc3cccc(F)c3)ncn2)cc1. The van der Waals surface area contributed by atoms with Crippen LogP contribution in [0.3, 0.4) is 0 Å². The quantitative estimate of drug-likeness (QED) is 0.672. The first-order valence-electron chi connectivity index (χ1n) is 7.89. The van der Waals surface area contributed by atoms with Crippen LogP contribution in [0.4, 0.5) is 21.6 Å². The number of halogens is 1. The normalized spacial score (nSPS) is 10.1. The van der Waals surface area contributed by atoms with Crippen molar-refractivity contribution in [2.24, 2.45) is 0 Å². The maximum atomic E-state index is 13.2. The molecule has 0 radical (unpaired) electrons. The van der Waals surface area contributed by atoms with Gasteiger partial charge < -0.3 is 15.4 Å². The fraction of sp³-hybridized carbons (Fsp3) is 0.0526. The van der Waals surface area contributed by atoms with E-state index < -0.39 is 17.7 Å². The summed E-state index contributed by atoms with van der Waals surface area (Å²) in [7, 11) is 1.31. The standard InChI is InChI=1S/C19H15FN4O3/c1-27-19(26)12-5-7-14(8-6-12)23-17-10-16(21-11-22-17)18(25)24-15-4-2-3-13(20)9-15/h2-11H,1H3,(H,24,25)(H,21,22,23). The third kappa shape index (κ3) is 4.63. The molecule has 136 valence electrons. The van der Waals surface area contributed by atoms with Gasteiger partial charge in [0.05, 0.1) is 12.7 Å². The third-order valence-corrected chi connectivity index (χ3v) is 3.56. The minimum Gasteiger partial charge on any atom is -0.465 e. The molecular formula is C19H15FN4O3. The number of carbonyl (C=O) groups is 2. The molecule has 3 aromatic rings. The number of benzene rings is 2. The number of methoxy groups -OCH3 is 1. The van der Waals surface area contributed by atoms with Crippen molar-refractivity contribution in [3.05, 3.63) is 78.0 Å². The number of ether oxygens (including phenoxy) is 1. The average molecular weight is 366 g/mol. The van der Waals surface area contributed by atoms with Gasteiger partial charge in [0.15, 0.2) is 0 Å². The van der Waals surface area contributed by atoms with Gasteiger partial charge in [-0.15, -0.1) is 0 Å². The van der Waals surface area contributed by atoms with E-state index in [4.69, 9.17) is 0 Å². The van der Waals surface area contributed by atoms with Gasteiger partial charge in [-0.1, -0.05) is 6.07 Å². The molecule has 2 aromatic carbocycles. The molecule has 1 aromatic heterocycles. The van der Waals surface area contributed by atoms with Crippen molar-refractivity contribution in [3.8, 4) is 0 Å². The molecule has 1 amide bonds. The fourth-order valence-corrected chi connectivity index (χ4v) is 2.27. The molecule has 2 N–H and O–H groups in total. The molecule has 0 saturated carbocycles. The van der Waals surface area contributed by atoms with E-state index in [1.807, 2.05) is 0 Å². The van der Waals surface area contributed by atoms with E-state index in [0.717, 1.165) is 0 Å². The number of nitrogens with zero attached hydrogens (tertiary/aromatic N) is 2. The number of aromatic nitrogens is 2. The number of anilines is 3. The Bertz CT molecular complexity index is 977. The largest absolute Gasteiger partial charge is 0.465 e. The lowest BCUT2D eigenvalue weighted by Crippen LogP contribution is -2.14. The van der Waals surface area contributed by atoms with Crippen molar-refractivity contribution in [2.75, 3.05) is 17.7 Å². The molecule has 7 nitrogen and oxygen atoms in total. The molecule has 27 heavy (non-hydrogen) atoms. The van der Waals surface area contributed by atoms with Crippen molar-refractivity contribution < 1.29 is 18.7 Å². The monoisotopic (exact) mass is 366 g/mol. The maximum Gasteiger partial charge on any atom is 0.337 e. The van der Waals surface area contributed by atoms with Crippen LogP contribution in [0.1, 0.15) is 20.8 Å². The molecule has 0 fully saturated rings. The van der Waals surface area contributed by atoms with Crippen LogP contribution in [-0.4, -0.2) is 29.0 Å². The van der Waals surface area contributed by atoms with Gasteiger partial charge in [0.1, 0.15) is 23.7 Å². The van der Waals surface area contributed by atoms with Crippen LogP contribution in [0.15, 0.2) is 60.9 Å². The Morgan fingerprint density at radius 3 is 2.48 bits per heavy atom. The summed E-state index contributed by atoms with van der Waals surface area (Å²) in [6.45, 7) is 0. The minimum absolute atomic E-state index is 0.114. The summed E-state index contributed by atoms with van der Waals surface area (Å²) >= 11 is 0. The fourth-order valence-electron chi connectivity index (χ4n) is 2.27. The smallest absolute Gasteiger partial charge is 0.337 e. The summed E-state index contributed by atoms with van der Waals surface area (Å²) in [4.78, 5) is 31.7. The molecule has 0 aliphatic rings. The second kappa shape index (κ2) is 8.05. The van der Waals surface area contributed by atoms with E-state index in [-0.39, 0.29) is 5.69 Å². The third-order valence-electron chi connectivity index (χ3n) is 3.56. The number of nitrogens with one attached hydrogen (secondary N) is 2. The molecule has 1 heterocycles. The Morgan fingerprint density at radius 2 is 1.78 bits per heavy atom. The van der Waals surface area contributed by atoms with E-state index in [9.17, 15) is 14.0 Å². The van der Waals surface area contributed by atoms with Crippen molar-refractivity contribution in [1.82, 2.24) is 9.97 Å². The highest BCUT2D eigenvalue weighted by molar-refractivity contribution is 6.03. The van der Waals surface area contributed by atoms with E-state index >= 15 is 0 Å². The van der Waals surface area contributed by atoms with Crippen molar-refractivity contribution in [2.45, 2.75) is 0 Å². The van der Waals surface area contributed by atoms with E-state index in [2.05, 4.69) is 25.3 Å². The van der Waals surface area contributed by atoms with Crippen LogP contribution in [0.2, 0.25) is 0 Å². The molecule has 0 atom stereocenters. The highest BCUT2D eigenvalue weighted by Crippen LogP contribution is 2.17. The molecular weight excluding hydrogens is 351 g/mol. The molecule has 8 heteroatoms. The topological polar surface area (TPSA) is 93.2 Å². The summed E-state index contributed by atoms with van der Waals surface area (Å²) in [5, 5.41) is 5.58. The molecule has 0 saturated heterocycles. The highest BCUT2D eigenvalue weighted by Gasteiger charge is 2.10. The molecule has 0 aliphatic carbocycles. The lowest BCUT2D eigenvalue weighted by Gasteiger charge is -2.08. The predicted molar refractivity (Wildman–Crippen MR) is 97.4 cm³/mol. The van der Waals surface area contributed by atoms with Crippen LogP contribution in [-0.2, 0) is 4.74 Å². The summed E-state index contributed by atoms with van der Waals surface area (Å²) in [5.74, 6) is -0.986. The van der Waals surface area contributed by atoms with E-state index in [1.165, 1.54) is 37.7 Å². The summed E-state index contributed by atoms with van der Waals surface area (Å²) < 4.78 is 17.9. The molecule has 0 unspecified atom stereocenters. The van der Waals surface area contributed by atoms with Crippen molar-refractivity contribution in [3.63, 3.8) is 0 Å². The van der Waals surface area contributed by atoms with Crippen LogP contribution < -0.4 is 10.6 Å². The Balaban J connectivity index is 1.71. The molecule has 0 bridgehead atoms. The lowest BCUT2D eigenvalue weighted by atomic mass is 10.2. The van der Waals surface area contributed by atoms with Gasteiger partial charge in [-0.3, -0.25) is 4.79 Å². The lowest BCUT2D eigenvalue weighted by molar-refractivity contribution is 0.0600. The minimum atomic E-state index is -0.493. The van der Waals surface area contributed by atoms with Crippen LogP contribution in [0.5, 0.6) is 0 Å². The second-order valence-electron chi connectivity index (χ2n) is 5.45. The van der Waals surface area contributed by atoms with Crippen LogP contribution in [0.25, 0.3) is 0 Å². The van der Waals surface area contributed by atoms with Gasteiger partial charge in [0.2, 0.25) is 0 Å². The molecule has 0 aliphatic heterocycles. The number of carbonyl (C=O) groups excluding carboxylic acids is 2. The zero-order valence-corrected chi connectivity index (χ0v) is 14.3.